The van der Waals surface area contributed by atoms with E-state index in [0.717, 1.165) is 5.56 Å². The number of oxazole rings is 1. The molecule has 186 valence electrons. The Morgan fingerprint density at radius 2 is 1.76 bits per heavy atom. The minimum atomic E-state index is -0.485. The van der Waals surface area contributed by atoms with Gasteiger partial charge in [-0.15, -0.1) is 0 Å². The minimum absolute atomic E-state index is 0.0408. The molecule has 0 saturated heterocycles. The van der Waals surface area contributed by atoms with Crippen molar-refractivity contribution < 1.29 is 18.8 Å². The first kappa shape index (κ1) is 23.7. The molecule has 2 aromatic carbocycles. The third-order valence-electron chi connectivity index (χ3n) is 5.97. The molecule has 0 aliphatic heterocycles. The zero-order valence-electron chi connectivity index (χ0n) is 20.0. The van der Waals surface area contributed by atoms with Gasteiger partial charge in [-0.05, 0) is 30.2 Å². The first-order valence-electron chi connectivity index (χ1n) is 11.4. The molecule has 0 aliphatic rings. The summed E-state index contributed by atoms with van der Waals surface area (Å²) in [4.78, 5) is 53.9. The van der Waals surface area contributed by atoms with Crippen molar-refractivity contribution in [2.45, 2.75) is 20.0 Å². The van der Waals surface area contributed by atoms with Gasteiger partial charge in [0.05, 0.1) is 11.7 Å². The highest BCUT2D eigenvalue weighted by Crippen LogP contribution is 2.15. The van der Waals surface area contributed by atoms with E-state index in [1.54, 1.807) is 55.6 Å². The van der Waals surface area contributed by atoms with Gasteiger partial charge in [-0.3, -0.25) is 19.0 Å². The van der Waals surface area contributed by atoms with Crippen LogP contribution in [0, 0.1) is 0 Å². The summed E-state index contributed by atoms with van der Waals surface area (Å²) in [5.74, 6) is -1.53. The van der Waals surface area contributed by atoms with Crippen LogP contribution in [0.25, 0.3) is 16.7 Å². The fourth-order valence-corrected chi connectivity index (χ4v) is 4.03. The molecule has 0 aliphatic carbocycles. The SMILES string of the molecule is CC(=O)c1ccccc1CNC(=O)c1cc(C(=O)NCc2ccc3oc(=O)n(C)c3c2)nc2ccnn12. The highest BCUT2D eigenvalue weighted by molar-refractivity contribution is 5.99. The molecule has 11 nitrogen and oxygen atoms in total. The molecule has 3 heterocycles. The Bertz CT molecular complexity index is 1750. The van der Waals surface area contributed by atoms with Crippen LogP contribution < -0.4 is 16.4 Å². The second kappa shape index (κ2) is 9.53. The van der Waals surface area contributed by atoms with Crippen LogP contribution in [0.1, 0.15) is 49.4 Å². The Morgan fingerprint density at radius 3 is 2.57 bits per heavy atom. The molecule has 0 saturated carbocycles. The Morgan fingerprint density at radius 1 is 0.973 bits per heavy atom. The molecule has 5 rings (SSSR count). The summed E-state index contributed by atoms with van der Waals surface area (Å²) in [6.07, 6.45) is 1.48. The first-order valence-corrected chi connectivity index (χ1v) is 11.4. The number of aryl methyl sites for hydroxylation is 1. The number of hydrogen-bond acceptors (Lipinski definition) is 7. The number of carbonyl (C=O) groups excluding carboxylic acids is 3. The van der Waals surface area contributed by atoms with Crippen LogP contribution in [0.5, 0.6) is 0 Å². The van der Waals surface area contributed by atoms with E-state index in [-0.39, 0.29) is 30.3 Å². The van der Waals surface area contributed by atoms with Crippen LogP contribution in [-0.2, 0) is 20.1 Å². The number of ketones is 1. The lowest BCUT2D eigenvalue weighted by atomic mass is 10.0. The molecule has 0 fully saturated rings. The fourth-order valence-electron chi connectivity index (χ4n) is 4.03. The zero-order valence-corrected chi connectivity index (χ0v) is 20.0. The molecule has 0 spiro atoms. The number of rotatable bonds is 7. The zero-order chi connectivity index (χ0) is 26.1. The van der Waals surface area contributed by atoms with Crippen molar-refractivity contribution in [3.8, 4) is 0 Å². The summed E-state index contributed by atoms with van der Waals surface area (Å²) in [7, 11) is 1.60. The quantitative estimate of drug-likeness (QED) is 0.328. The predicted molar refractivity (Wildman–Crippen MR) is 133 cm³/mol. The maximum atomic E-state index is 13.1. The van der Waals surface area contributed by atoms with Crippen molar-refractivity contribution in [2.75, 3.05) is 0 Å². The summed E-state index contributed by atoms with van der Waals surface area (Å²) in [5.41, 5.74) is 3.52. The number of carbonyl (C=O) groups is 3. The van der Waals surface area contributed by atoms with Gasteiger partial charge in [0.15, 0.2) is 17.0 Å². The molecule has 0 radical (unpaired) electrons. The monoisotopic (exact) mass is 498 g/mol. The lowest BCUT2D eigenvalue weighted by molar-refractivity contribution is 0.0938. The number of nitrogens with one attached hydrogen (secondary N) is 2. The average molecular weight is 498 g/mol. The number of benzene rings is 2. The fraction of sp³-hybridized carbons (Fsp3) is 0.154. The van der Waals surface area contributed by atoms with E-state index in [4.69, 9.17) is 4.42 Å². The maximum Gasteiger partial charge on any atom is 0.419 e. The lowest BCUT2D eigenvalue weighted by Crippen LogP contribution is -2.28. The number of fused-ring (bicyclic) bond motifs is 2. The summed E-state index contributed by atoms with van der Waals surface area (Å²) < 4.78 is 7.86. The summed E-state index contributed by atoms with van der Waals surface area (Å²) in [6.45, 7) is 1.76. The van der Waals surface area contributed by atoms with Crippen molar-refractivity contribution >= 4 is 34.3 Å². The first-order chi connectivity index (χ1) is 17.8. The van der Waals surface area contributed by atoms with E-state index in [1.807, 2.05) is 0 Å². The standard InChI is InChI=1S/C26H22N6O5/c1-15(33)18-6-4-3-5-17(18)14-28-25(35)21-12-19(30-23-9-10-29-32(21)23)24(34)27-13-16-7-8-22-20(11-16)31(2)26(36)37-22/h3-12H,13-14H2,1-2H3,(H,27,34)(H,28,35). The molecule has 11 heteroatoms. The lowest BCUT2D eigenvalue weighted by Gasteiger charge is -2.11. The van der Waals surface area contributed by atoms with Gasteiger partial charge in [-0.2, -0.15) is 5.10 Å². The third kappa shape index (κ3) is 4.61. The van der Waals surface area contributed by atoms with Crippen LogP contribution in [0.3, 0.4) is 0 Å². The van der Waals surface area contributed by atoms with Gasteiger partial charge in [0.2, 0.25) is 0 Å². The number of hydrogen-bond donors (Lipinski definition) is 2. The Hall–Kier alpha value is -5.06. The summed E-state index contributed by atoms with van der Waals surface area (Å²) >= 11 is 0. The maximum absolute atomic E-state index is 13.1. The molecule has 0 bridgehead atoms. The van der Waals surface area contributed by atoms with Crippen molar-refractivity contribution in [1.29, 1.82) is 0 Å². The van der Waals surface area contributed by atoms with Crippen LogP contribution in [0.4, 0.5) is 0 Å². The average Bonchev–Trinajstić information content (AvgIpc) is 3.49. The number of nitrogens with zero attached hydrogens (tertiary/aromatic N) is 4. The van der Waals surface area contributed by atoms with Gasteiger partial charge in [-0.25, -0.2) is 14.3 Å². The largest absolute Gasteiger partial charge is 0.419 e. The van der Waals surface area contributed by atoms with Gasteiger partial charge in [0.1, 0.15) is 11.4 Å². The van der Waals surface area contributed by atoms with E-state index in [9.17, 15) is 19.2 Å². The predicted octanol–water partition coefficient (Wildman–Crippen LogP) is 2.24. The molecule has 5 aromatic rings. The number of Topliss-reactive ketones (excluding diaryl/α,β-unsaturated/α-hetero) is 1. The minimum Gasteiger partial charge on any atom is -0.408 e. The highest BCUT2D eigenvalue weighted by atomic mass is 16.4. The molecular weight excluding hydrogens is 476 g/mol. The second-order valence-electron chi connectivity index (χ2n) is 8.44. The molecular formula is C26H22N6O5. The van der Waals surface area contributed by atoms with Gasteiger partial charge in [-0.1, -0.05) is 30.3 Å². The molecule has 0 unspecified atom stereocenters. The number of aromatic nitrogens is 4. The van der Waals surface area contributed by atoms with Crippen molar-refractivity contribution in [1.82, 2.24) is 29.8 Å². The molecule has 0 atom stereocenters. The summed E-state index contributed by atoms with van der Waals surface area (Å²) in [5, 5.41) is 9.73. The Balaban J connectivity index is 1.35. The molecule has 2 amide bonds. The normalized spacial score (nSPS) is 11.1. The molecule has 2 N–H and O–H groups in total. The van der Waals surface area contributed by atoms with Crippen molar-refractivity contribution in [2.24, 2.45) is 7.05 Å². The molecule has 3 aromatic heterocycles. The van der Waals surface area contributed by atoms with E-state index >= 15 is 0 Å². The van der Waals surface area contributed by atoms with Crippen LogP contribution in [0.15, 0.2) is 70.0 Å². The van der Waals surface area contributed by atoms with Crippen LogP contribution >= 0.6 is 0 Å². The van der Waals surface area contributed by atoms with Crippen LogP contribution in [0.2, 0.25) is 0 Å². The summed E-state index contributed by atoms with van der Waals surface area (Å²) in [6, 6.07) is 15.1. The van der Waals surface area contributed by atoms with Gasteiger partial charge >= 0.3 is 5.76 Å². The van der Waals surface area contributed by atoms with E-state index < -0.39 is 17.6 Å². The highest BCUT2D eigenvalue weighted by Gasteiger charge is 2.18. The van der Waals surface area contributed by atoms with E-state index in [0.29, 0.717) is 27.9 Å². The van der Waals surface area contributed by atoms with Gasteiger partial charge in [0, 0.05) is 37.8 Å². The second-order valence-corrected chi connectivity index (χ2v) is 8.44. The van der Waals surface area contributed by atoms with Crippen molar-refractivity contribution in [3.05, 3.63) is 99.4 Å². The van der Waals surface area contributed by atoms with Crippen LogP contribution in [-0.4, -0.2) is 36.8 Å². The van der Waals surface area contributed by atoms with Gasteiger partial charge < -0.3 is 15.1 Å². The van der Waals surface area contributed by atoms with E-state index in [1.165, 1.54) is 28.3 Å². The third-order valence-corrected chi connectivity index (χ3v) is 5.97. The topological polar surface area (TPSA) is 141 Å². The van der Waals surface area contributed by atoms with E-state index in [2.05, 4.69) is 20.7 Å². The Labute approximate surface area is 209 Å². The molecule has 37 heavy (non-hydrogen) atoms. The van der Waals surface area contributed by atoms with Gasteiger partial charge in [0.25, 0.3) is 11.8 Å². The smallest absolute Gasteiger partial charge is 0.408 e. The van der Waals surface area contributed by atoms with Crippen molar-refractivity contribution in [3.63, 3.8) is 0 Å². The number of amides is 2. The Kier molecular flexibility index (Phi) is 6.10.